The Hall–Kier alpha value is -4.37. The van der Waals surface area contributed by atoms with Gasteiger partial charge < -0.3 is 14.8 Å². The maximum Gasteiger partial charge on any atom is 0.293 e. The number of para-hydroxylation sites is 1. The van der Waals surface area contributed by atoms with Gasteiger partial charge in [-0.1, -0.05) is 18.2 Å². The van der Waals surface area contributed by atoms with E-state index < -0.39 is 5.56 Å². The number of nitrogens with one attached hydrogen (secondary N) is 1. The number of hydrogen-bond acceptors (Lipinski definition) is 8. The zero-order valence-electron chi connectivity index (χ0n) is 18.3. The van der Waals surface area contributed by atoms with Crippen molar-refractivity contribution in [1.82, 2.24) is 24.6 Å². The van der Waals surface area contributed by atoms with Crippen LogP contribution in [0.5, 0.6) is 5.75 Å². The van der Waals surface area contributed by atoms with Crippen LogP contribution in [-0.4, -0.2) is 44.9 Å². The Bertz CT molecular complexity index is 1580. The van der Waals surface area contributed by atoms with E-state index in [2.05, 4.69) is 16.4 Å². The minimum absolute atomic E-state index is 0.266. The molecule has 6 rings (SSSR count). The minimum Gasteiger partial charge on any atom is -0.497 e. The fourth-order valence-electron chi connectivity index (χ4n) is 4.01. The van der Waals surface area contributed by atoms with E-state index in [9.17, 15) is 4.79 Å². The molecule has 0 aliphatic carbocycles. The van der Waals surface area contributed by atoms with Crippen LogP contribution in [0.4, 0.5) is 11.6 Å². The molecule has 9 heteroatoms. The first-order valence-electron chi connectivity index (χ1n) is 10.9. The summed E-state index contributed by atoms with van der Waals surface area (Å²) in [5.41, 5.74) is 3.27. The van der Waals surface area contributed by atoms with Crippen LogP contribution in [0.1, 0.15) is 11.5 Å². The van der Waals surface area contributed by atoms with Gasteiger partial charge in [-0.15, -0.1) is 5.10 Å². The molecule has 1 aliphatic rings. The molecule has 0 spiro atoms. The highest BCUT2D eigenvalue weighted by atomic mass is 16.5. The molecule has 0 bridgehead atoms. The van der Waals surface area contributed by atoms with Gasteiger partial charge in [0, 0.05) is 23.1 Å². The third kappa shape index (κ3) is 3.43. The lowest BCUT2D eigenvalue weighted by Crippen LogP contribution is -2.25. The highest BCUT2D eigenvalue weighted by Gasteiger charge is 2.25. The Morgan fingerprint density at radius 2 is 1.88 bits per heavy atom. The largest absolute Gasteiger partial charge is 0.497 e. The predicted octanol–water partition coefficient (Wildman–Crippen LogP) is 3.57. The third-order valence-corrected chi connectivity index (χ3v) is 5.89. The highest BCUT2D eigenvalue weighted by Crippen LogP contribution is 2.33. The fraction of sp³-hybridized carbons (Fsp3) is 0.160. The molecule has 1 aliphatic heterocycles. The van der Waals surface area contributed by atoms with Gasteiger partial charge in [0.1, 0.15) is 11.4 Å². The van der Waals surface area contributed by atoms with Crippen molar-refractivity contribution in [3.63, 3.8) is 0 Å². The van der Waals surface area contributed by atoms with E-state index in [-0.39, 0.29) is 5.92 Å². The lowest BCUT2D eigenvalue weighted by Gasteiger charge is -2.27. The van der Waals surface area contributed by atoms with Crippen LogP contribution in [-0.2, 0) is 4.74 Å². The molecule has 5 aromatic rings. The quantitative estimate of drug-likeness (QED) is 0.432. The molecule has 4 heterocycles. The van der Waals surface area contributed by atoms with Crippen LogP contribution >= 0.6 is 0 Å². The van der Waals surface area contributed by atoms with Gasteiger partial charge in [0.15, 0.2) is 11.5 Å². The topological polar surface area (TPSA) is 104 Å². The number of anilines is 2. The Balaban J connectivity index is 1.59. The second kappa shape index (κ2) is 8.20. The average Bonchev–Trinajstić information content (AvgIpc) is 3.19. The van der Waals surface area contributed by atoms with Gasteiger partial charge in [0.25, 0.3) is 5.56 Å². The van der Waals surface area contributed by atoms with Crippen molar-refractivity contribution in [2.45, 2.75) is 5.92 Å². The summed E-state index contributed by atoms with van der Waals surface area (Å²) in [5, 5.41) is 8.74. The molecular weight excluding hydrogens is 432 g/mol. The summed E-state index contributed by atoms with van der Waals surface area (Å²) in [6.45, 7) is 1.31. The molecule has 168 valence electrons. The summed E-state index contributed by atoms with van der Waals surface area (Å²) in [5.74, 6) is 1.94. The van der Waals surface area contributed by atoms with E-state index >= 15 is 0 Å². The maximum absolute atomic E-state index is 12.5. The molecule has 1 N–H and O–H groups in total. The second-order valence-electron chi connectivity index (χ2n) is 7.99. The zero-order valence-corrected chi connectivity index (χ0v) is 18.3. The number of rotatable bonds is 5. The number of methoxy groups -OCH3 is 1. The first kappa shape index (κ1) is 20.3. The van der Waals surface area contributed by atoms with Crippen molar-refractivity contribution in [2.75, 3.05) is 25.6 Å². The molecular formula is C25H20N6O3. The van der Waals surface area contributed by atoms with Crippen molar-refractivity contribution in [3.8, 4) is 17.1 Å². The van der Waals surface area contributed by atoms with Crippen molar-refractivity contribution < 1.29 is 9.47 Å². The van der Waals surface area contributed by atoms with Gasteiger partial charge in [-0.2, -0.15) is 4.52 Å². The summed E-state index contributed by atoms with van der Waals surface area (Å²) < 4.78 is 12.3. The fourth-order valence-corrected chi connectivity index (χ4v) is 4.01. The molecule has 0 unspecified atom stereocenters. The SMILES string of the molecule is COc1ccc(-c2nc3c4cccc(C5COC5)c4nc(Nc4ccccnc4=O)n3n2)cc1. The standard InChI is InChI=1S/C25H20N6O3/c1-33-17-10-8-15(9-11-17)22-29-23-19-6-4-5-18(16-13-34-14-16)21(19)28-25(31(23)30-22)27-20-7-2-3-12-26-24(20)32/h2-12,16H,13-14H2,1H3,(H,26,27,28,32). The summed E-state index contributed by atoms with van der Waals surface area (Å²) in [4.78, 5) is 26.1. The van der Waals surface area contributed by atoms with E-state index in [1.54, 1.807) is 29.8 Å². The van der Waals surface area contributed by atoms with Crippen LogP contribution in [0.3, 0.4) is 0 Å². The molecule has 0 radical (unpaired) electrons. The first-order valence-corrected chi connectivity index (χ1v) is 10.9. The van der Waals surface area contributed by atoms with Crippen LogP contribution in [0.25, 0.3) is 27.9 Å². The van der Waals surface area contributed by atoms with E-state index in [4.69, 9.17) is 24.5 Å². The van der Waals surface area contributed by atoms with Gasteiger partial charge >= 0.3 is 0 Å². The predicted molar refractivity (Wildman–Crippen MR) is 128 cm³/mol. The molecule has 0 saturated carbocycles. The number of aromatic nitrogens is 5. The number of nitrogens with zero attached hydrogens (tertiary/aromatic N) is 5. The van der Waals surface area contributed by atoms with Gasteiger partial charge in [-0.05, 0) is 48.0 Å². The lowest BCUT2D eigenvalue weighted by atomic mass is 9.95. The number of hydrogen-bond donors (Lipinski definition) is 1. The maximum atomic E-state index is 12.5. The highest BCUT2D eigenvalue weighted by molar-refractivity contribution is 5.95. The molecule has 1 fully saturated rings. The summed E-state index contributed by atoms with van der Waals surface area (Å²) in [7, 11) is 1.63. The summed E-state index contributed by atoms with van der Waals surface area (Å²) in [6.07, 6.45) is 1.46. The number of benzene rings is 2. The van der Waals surface area contributed by atoms with Crippen LogP contribution in [0, 0.1) is 0 Å². The van der Waals surface area contributed by atoms with Crippen molar-refractivity contribution >= 4 is 28.2 Å². The minimum atomic E-state index is -0.392. The Labute approximate surface area is 194 Å². The van der Waals surface area contributed by atoms with E-state index in [1.165, 1.54) is 6.20 Å². The molecule has 34 heavy (non-hydrogen) atoms. The summed E-state index contributed by atoms with van der Waals surface area (Å²) >= 11 is 0. The van der Waals surface area contributed by atoms with E-state index in [0.717, 1.165) is 27.8 Å². The van der Waals surface area contributed by atoms with Gasteiger partial charge in [0.05, 0.1) is 25.8 Å². The molecule has 9 nitrogen and oxygen atoms in total. The normalized spacial score (nSPS) is 13.7. The zero-order chi connectivity index (χ0) is 23.1. The second-order valence-corrected chi connectivity index (χ2v) is 7.99. The molecule has 1 saturated heterocycles. The molecule has 2 aromatic carbocycles. The summed E-state index contributed by atoms with van der Waals surface area (Å²) in [6, 6.07) is 18.7. The first-order chi connectivity index (χ1) is 16.7. The van der Waals surface area contributed by atoms with Gasteiger partial charge in [-0.25, -0.2) is 15.0 Å². The number of ether oxygens (including phenoxy) is 2. The lowest BCUT2D eigenvalue weighted by molar-refractivity contribution is 0.00893. The molecule has 0 atom stereocenters. The monoisotopic (exact) mass is 452 g/mol. The van der Waals surface area contributed by atoms with Crippen LogP contribution < -0.4 is 15.6 Å². The van der Waals surface area contributed by atoms with Crippen molar-refractivity contribution in [3.05, 3.63) is 82.8 Å². The number of fused-ring (bicyclic) bond motifs is 3. The van der Waals surface area contributed by atoms with E-state index in [0.29, 0.717) is 36.3 Å². The van der Waals surface area contributed by atoms with Gasteiger partial charge in [0.2, 0.25) is 5.95 Å². The molecule has 3 aromatic heterocycles. The Kier molecular flexibility index (Phi) is 4.88. The average molecular weight is 452 g/mol. The Morgan fingerprint density at radius 3 is 2.65 bits per heavy atom. The van der Waals surface area contributed by atoms with Gasteiger partial charge in [-0.3, -0.25) is 4.79 Å². The van der Waals surface area contributed by atoms with Crippen LogP contribution in [0.2, 0.25) is 0 Å². The van der Waals surface area contributed by atoms with Crippen molar-refractivity contribution in [1.29, 1.82) is 0 Å². The Morgan fingerprint density at radius 1 is 1.03 bits per heavy atom. The van der Waals surface area contributed by atoms with Crippen LogP contribution in [0.15, 0.2) is 71.7 Å². The third-order valence-electron chi connectivity index (χ3n) is 5.89. The van der Waals surface area contributed by atoms with Crippen molar-refractivity contribution in [2.24, 2.45) is 0 Å². The smallest absolute Gasteiger partial charge is 0.293 e. The van der Waals surface area contributed by atoms with E-state index in [1.807, 2.05) is 36.4 Å². The molecule has 0 amide bonds.